The molecule has 1 amide bonds. The summed E-state index contributed by atoms with van der Waals surface area (Å²) in [5.74, 6) is -1.43. The lowest BCUT2D eigenvalue weighted by Crippen LogP contribution is -2.27. The Kier molecular flexibility index (Phi) is 4.40. The Morgan fingerprint density at radius 2 is 2.00 bits per heavy atom. The number of fused-ring (bicyclic) bond motifs is 1. The lowest BCUT2D eigenvalue weighted by atomic mass is 10.1. The van der Waals surface area contributed by atoms with E-state index in [9.17, 15) is 14.7 Å². The summed E-state index contributed by atoms with van der Waals surface area (Å²) in [6, 6.07) is 11.5. The van der Waals surface area contributed by atoms with Gasteiger partial charge in [0.25, 0.3) is 5.91 Å². The molecule has 28 heavy (non-hydrogen) atoms. The predicted molar refractivity (Wildman–Crippen MR) is 111 cm³/mol. The van der Waals surface area contributed by atoms with E-state index < -0.39 is 11.7 Å². The van der Waals surface area contributed by atoms with Crippen LogP contribution in [0.25, 0.3) is 17.1 Å². The number of aromatic carboxylic acids is 1. The molecule has 2 N–H and O–H groups in total. The van der Waals surface area contributed by atoms with Gasteiger partial charge in [-0.15, -0.1) is 0 Å². The molecule has 9 heteroatoms. The lowest BCUT2D eigenvalue weighted by molar-refractivity contribution is -0.113. The molecule has 0 spiro atoms. The van der Waals surface area contributed by atoms with Crippen molar-refractivity contribution in [2.24, 2.45) is 7.05 Å². The maximum absolute atomic E-state index is 12.9. The highest BCUT2D eigenvalue weighted by molar-refractivity contribution is 8.27. The number of hydrogen-bond donors (Lipinski definition) is 2. The second kappa shape index (κ2) is 6.77. The van der Waals surface area contributed by atoms with Gasteiger partial charge in [-0.2, -0.15) is 0 Å². The summed E-state index contributed by atoms with van der Waals surface area (Å²) >= 11 is 6.44. The largest absolute Gasteiger partial charge is 0.507 e. The second-order valence-corrected chi connectivity index (χ2v) is 7.72. The van der Waals surface area contributed by atoms with E-state index >= 15 is 0 Å². The van der Waals surface area contributed by atoms with E-state index in [0.717, 1.165) is 22.8 Å². The Labute approximate surface area is 168 Å². The number of carbonyl (C=O) groups is 2. The van der Waals surface area contributed by atoms with Crippen molar-refractivity contribution in [1.82, 2.24) is 9.55 Å². The molecule has 0 saturated carbocycles. The van der Waals surface area contributed by atoms with E-state index in [1.165, 1.54) is 23.1 Å². The number of para-hydroxylation sites is 2. The number of anilines is 1. The molecule has 1 fully saturated rings. The van der Waals surface area contributed by atoms with Gasteiger partial charge < -0.3 is 14.8 Å². The first kappa shape index (κ1) is 18.2. The van der Waals surface area contributed by atoms with Crippen LogP contribution in [0.3, 0.4) is 0 Å². The summed E-state index contributed by atoms with van der Waals surface area (Å²) in [6.45, 7) is 0. The number of carboxylic acids is 1. The number of aromatic nitrogens is 2. The zero-order valence-electron chi connectivity index (χ0n) is 14.5. The summed E-state index contributed by atoms with van der Waals surface area (Å²) in [4.78, 5) is 30.1. The van der Waals surface area contributed by atoms with Gasteiger partial charge in [-0.25, -0.2) is 9.78 Å². The third-order valence-corrected chi connectivity index (χ3v) is 5.65. The van der Waals surface area contributed by atoms with Crippen molar-refractivity contribution in [1.29, 1.82) is 0 Å². The molecule has 2 aromatic carbocycles. The second-order valence-electron chi connectivity index (χ2n) is 6.04. The number of carboxylic acid groups (broad SMARTS) is 1. The van der Waals surface area contributed by atoms with Gasteiger partial charge in [0, 0.05) is 19.2 Å². The highest BCUT2D eigenvalue weighted by Gasteiger charge is 2.34. The molecule has 1 saturated heterocycles. The standard InChI is InChI=1S/C19H13N3O4S2/c1-21-13-5-3-2-4-12(13)20-16(21)9-15-17(24)22(19(27)28-15)10-6-7-11(18(25)26)14(23)8-10/h2-9,23H,1H3,(H,25,26)/b15-9+. The predicted octanol–water partition coefficient (Wildman–Crippen LogP) is 3.38. The zero-order valence-corrected chi connectivity index (χ0v) is 16.1. The van der Waals surface area contributed by atoms with Crippen molar-refractivity contribution < 1.29 is 19.8 Å². The van der Waals surface area contributed by atoms with Crippen LogP contribution in [0.2, 0.25) is 0 Å². The number of thioether (sulfide) groups is 1. The molecule has 2 heterocycles. The minimum absolute atomic E-state index is 0.246. The summed E-state index contributed by atoms with van der Waals surface area (Å²) in [7, 11) is 1.87. The quantitative estimate of drug-likeness (QED) is 0.504. The van der Waals surface area contributed by atoms with Crippen LogP contribution in [0.15, 0.2) is 47.4 Å². The summed E-state index contributed by atoms with van der Waals surface area (Å²) in [5.41, 5.74) is 1.82. The number of carbonyl (C=O) groups excluding carboxylic acids is 1. The average molecular weight is 411 g/mol. The maximum atomic E-state index is 12.9. The first-order valence-electron chi connectivity index (χ1n) is 8.12. The Hall–Kier alpha value is -3.17. The first-order chi connectivity index (χ1) is 13.4. The van der Waals surface area contributed by atoms with E-state index in [1.807, 2.05) is 35.9 Å². The summed E-state index contributed by atoms with van der Waals surface area (Å²) in [5, 5.41) is 18.9. The fourth-order valence-electron chi connectivity index (χ4n) is 2.94. The maximum Gasteiger partial charge on any atom is 0.339 e. The minimum Gasteiger partial charge on any atom is -0.507 e. The average Bonchev–Trinajstić information content (AvgIpc) is 3.11. The number of aryl methyl sites for hydroxylation is 1. The molecule has 3 aromatic rings. The van der Waals surface area contributed by atoms with Crippen molar-refractivity contribution in [2.75, 3.05) is 4.90 Å². The minimum atomic E-state index is -1.25. The topological polar surface area (TPSA) is 95.7 Å². The SMILES string of the molecule is Cn1c(/C=C2/SC(=S)N(c3ccc(C(=O)O)c(O)c3)C2=O)nc2ccccc21. The van der Waals surface area contributed by atoms with Crippen molar-refractivity contribution in [3.8, 4) is 5.75 Å². The van der Waals surface area contributed by atoms with Gasteiger partial charge >= 0.3 is 5.97 Å². The third-order valence-electron chi connectivity index (χ3n) is 4.35. The van der Waals surface area contributed by atoms with Crippen LogP contribution in [-0.4, -0.2) is 36.0 Å². The van der Waals surface area contributed by atoms with Gasteiger partial charge in [-0.05, 0) is 24.3 Å². The van der Waals surface area contributed by atoms with Gasteiger partial charge in [0.05, 0.1) is 21.6 Å². The molecule has 0 aliphatic carbocycles. The first-order valence-corrected chi connectivity index (χ1v) is 9.35. The molecule has 0 radical (unpaired) electrons. The Morgan fingerprint density at radius 1 is 1.25 bits per heavy atom. The fourth-order valence-corrected chi connectivity index (χ4v) is 4.21. The molecule has 140 valence electrons. The third kappa shape index (κ3) is 2.94. The summed E-state index contributed by atoms with van der Waals surface area (Å²) in [6.07, 6.45) is 1.67. The number of nitrogens with zero attached hydrogens (tertiary/aromatic N) is 3. The van der Waals surface area contributed by atoms with Crippen molar-refractivity contribution in [3.63, 3.8) is 0 Å². The van der Waals surface area contributed by atoms with Crippen LogP contribution < -0.4 is 4.90 Å². The van der Waals surface area contributed by atoms with Gasteiger partial charge in [0.1, 0.15) is 17.1 Å². The van der Waals surface area contributed by atoms with Crippen molar-refractivity contribution >= 4 is 63.0 Å². The molecule has 0 atom stereocenters. The van der Waals surface area contributed by atoms with Crippen molar-refractivity contribution in [2.45, 2.75) is 0 Å². The molecule has 0 unspecified atom stereocenters. The Bertz CT molecular complexity index is 1200. The Morgan fingerprint density at radius 3 is 2.68 bits per heavy atom. The van der Waals surface area contributed by atoms with Gasteiger partial charge in [0.2, 0.25) is 0 Å². The van der Waals surface area contributed by atoms with E-state index in [2.05, 4.69) is 4.98 Å². The van der Waals surface area contributed by atoms with E-state index in [1.54, 1.807) is 6.08 Å². The number of thiocarbonyl (C=S) groups is 1. The highest BCUT2D eigenvalue weighted by Crippen LogP contribution is 2.37. The smallest absolute Gasteiger partial charge is 0.339 e. The van der Waals surface area contributed by atoms with Crippen LogP contribution >= 0.6 is 24.0 Å². The van der Waals surface area contributed by atoms with Crippen LogP contribution in [0.5, 0.6) is 5.75 Å². The molecule has 0 bridgehead atoms. The monoisotopic (exact) mass is 411 g/mol. The van der Waals surface area contributed by atoms with Gasteiger partial charge in [-0.1, -0.05) is 36.1 Å². The highest BCUT2D eigenvalue weighted by atomic mass is 32.2. The molecule has 1 aliphatic heterocycles. The molecule has 1 aromatic heterocycles. The number of benzene rings is 2. The molecular weight excluding hydrogens is 398 g/mol. The summed E-state index contributed by atoms with van der Waals surface area (Å²) < 4.78 is 2.17. The van der Waals surface area contributed by atoms with Crippen LogP contribution in [0.4, 0.5) is 5.69 Å². The molecular formula is C19H13N3O4S2. The normalized spacial score (nSPS) is 15.8. The molecule has 1 aliphatic rings. The van der Waals surface area contributed by atoms with Crippen molar-refractivity contribution in [3.05, 3.63) is 58.8 Å². The number of amides is 1. The van der Waals surface area contributed by atoms with E-state index in [-0.39, 0.29) is 15.8 Å². The Balaban J connectivity index is 1.71. The number of phenols is 1. The van der Waals surface area contributed by atoms with Gasteiger partial charge in [0.15, 0.2) is 4.32 Å². The van der Waals surface area contributed by atoms with Gasteiger partial charge in [-0.3, -0.25) is 9.69 Å². The van der Waals surface area contributed by atoms with Crippen LogP contribution in [0, 0.1) is 0 Å². The number of aromatic hydroxyl groups is 1. The zero-order chi connectivity index (χ0) is 20.0. The number of rotatable bonds is 3. The van der Waals surface area contributed by atoms with E-state index in [4.69, 9.17) is 17.3 Å². The number of imidazole rings is 1. The fraction of sp³-hybridized carbons (Fsp3) is 0.0526. The lowest BCUT2D eigenvalue weighted by Gasteiger charge is -2.15. The van der Waals surface area contributed by atoms with E-state index in [0.29, 0.717) is 16.4 Å². The molecule has 7 nitrogen and oxygen atoms in total. The molecule has 4 rings (SSSR count). The number of hydrogen-bond acceptors (Lipinski definition) is 6. The van der Waals surface area contributed by atoms with Crippen LogP contribution in [0.1, 0.15) is 16.2 Å². The van der Waals surface area contributed by atoms with Crippen LogP contribution in [-0.2, 0) is 11.8 Å².